The molecule has 0 radical (unpaired) electrons. The molecular weight excluding hydrogens is 418 g/mol. The van der Waals surface area contributed by atoms with E-state index in [9.17, 15) is 18.0 Å². The zero-order chi connectivity index (χ0) is 15.8. The van der Waals surface area contributed by atoms with Gasteiger partial charge in [0.05, 0.1) is 5.56 Å². The van der Waals surface area contributed by atoms with Crippen molar-refractivity contribution in [2.75, 3.05) is 0 Å². The van der Waals surface area contributed by atoms with E-state index < -0.39 is 22.8 Å². The molecule has 0 saturated carbocycles. The molecule has 1 aromatic heterocycles. The molecule has 1 aromatic carbocycles. The van der Waals surface area contributed by atoms with Gasteiger partial charge in [0.25, 0.3) is 0 Å². The van der Waals surface area contributed by atoms with Gasteiger partial charge in [0.15, 0.2) is 5.78 Å². The number of hydrogen-bond acceptors (Lipinski definition) is 2. The van der Waals surface area contributed by atoms with Crippen LogP contribution in [0, 0.1) is 10.5 Å². The second-order valence-corrected chi connectivity index (χ2v) is 5.73. The number of ketones is 1. The molecule has 0 atom stereocenters. The summed E-state index contributed by atoms with van der Waals surface area (Å²) in [5.41, 5.74) is 0.118. The van der Waals surface area contributed by atoms with Crippen molar-refractivity contribution in [3.05, 3.63) is 61.4 Å². The Morgan fingerprint density at radius 2 is 1.86 bits per heavy atom. The zero-order valence-electron chi connectivity index (χ0n) is 10.6. The molecule has 0 aliphatic carbocycles. The number of aromatic nitrogens is 1. The molecule has 0 unspecified atom stereocenters. The van der Waals surface area contributed by atoms with Gasteiger partial charge in [0.1, 0.15) is 10.8 Å². The maximum atomic E-state index is 12.5. The normalized spacial score (nSPS) is 11.5. The Morgan fingerprint density at radius 1 is 1.19 bits per heavy atom. The second-order valence-electron chi connectivity index (χ2n) is 4.30. The summed E-state index contributed by atoms with van der Waals surface area (Å²) < 4.78 is 38.3. The molecule has 2 nitrogen and oxygen atoms in total. The summed E-state index contributed by atoms with van der Waals surface area (Å²) in [5, 5.41) is -0.452. The molecule has 0 spiro atoms. The van der Waals surface area contributed by atoms with Gasteiger partial charge in [-0.3, -0.25) is 4.79 Å². The molecule has 0 bridgehead atoms. The monoisotopic (exact) mass is 425 g/mol. The van der Waals surface area contributed by atoms with Crippen LogP contribution in [-0.2, 0) is 6.18 Å². The van der Waals surface area contributed by atoms with Crippen molar-refractivity contribution in [2.45, 2.75) is 13.1 Å². The first-order valence-corrected chi connectivity index (χ1v) is 7.21. The fourth-order valence-electron chi connectivity index (χ4n) is 1.73. The Bertz CT molecular complexity index is 716. The summed E-state index contributed by atoms with van der Waals surface area (Å²) in [6.45, 7) is 1.84. The number of carbonyl (C=O) groups is 1. The van der Waals surface area contributed by atoms with Gasteiger partial charge in [-0.05, 0) is 53.3 Å². The Kier molecular flexibility index (Phi) is 4.57. The Morgan fingerprint density at radius 3 is 2.43 bits per heavy atom. The molecule has 21 heavy (non-hydrogen) atoms. The number of hydrogen-bond donors (Lipinski definition) is 0. The van der Waals surface area contributed by atoms with Crippen molar-refractivity contribution in [3.63, 3.8) is 0 Å². The average molecular weight is 426 g/mol. The quantitative estimate of drug-likeness (QED) is 0.389. The highest BCUT2D eigenvalue weighted by Crippen LogP contribution is 2.30. The summed E-state index contributed by atoms with van der Waals surface area (Å²) in [7, 11) is 0. The number of carbonyl (C=O) groups excluding carboxylic acids is 1. The van der Waals surface area contributed by atoms with Crippen molar-refractivity contribution in [1.82, 2.24) is 4.98 Å². The van der Waals surface area contributed by atoms with Gasteiger partial charge in [-0.1, -0.05) is 23.7 Å². The first kappa shape index (κ1) is 16.2. The summed E-state index contributed by atoms with van der Waals surface area (Å²) in [4.78, 5) is 15.7. The lowest BCUT2D eigenvalue weighted by atomic mass is 10.0. The smallest absolute Gasteiger partial charge is 0.288 e. The fourth-order valence-corrected chi connectivity index (χ4v) is 2.57. The first-order chi connectivity index (χ1) is 9.71. The summed E-state index contributed by atoms with van der Waals surface area (Å²) >= 11 is 7.75. The van der Waals surface area contributed by atoms with E-state index in [2.05, 4.69) is 4.98 Å². The van der Waals surface area contributed by atoms with Gasteiger partial charge >= 0.3 is 6.18 Å². The Hall–Kier alpha value is -1.15. The maximum Gasteiger partial charge on any atom is 0.433 e. The van der Waals surface area contributed by atoms with Crippen LogP contribution in [0.5, 0.6) is 0 Å². The summed E-state index contributed by atoms with van der Waals surface area (Å²) in [6.07, 6.45) is -4.59. The highest BCUT2D eigenvalue weighted by molar-refractivity contribution is 14.1. The SMILES string of the molecule is Cc1cccc(C(=O)c2ccc(C(F)(F)F)nc2Cl)c1I. The minimum Gasteiger partial charge on any atom is -0.288 e. The van der Waals surface area contributed by atoms with Gasteiger partial charge in [-0.15, -0.1) is 0 Å². The Balaban J connectivity index is 2.48. The van der Waals surface area contributed by atoms with E-state index in [1.165, 1.54) is 0 Å². The highest BCUT2D eigenvalue weighted by Gasteiger charge is 2.33. The molecule has 2 rings (SSSR count). The van der Waals surface area contributed by atoms with Crippen molar-refractivity contribution in [1.29, 1.82) is 0 Å². The van der Waals surface area contributed by atoms with Crippen LogP contribution in [0.25, 0.3) is 0 Å². The topological polar surface area (TPSA) is 30.0 Å². The molecule has 110 valence electrons. The van der Waals surface area contributed by atoms with Crippen LogP contribution in [-0.4, -0.2) is 10.8 Å². The summed E-state index contributed by atoms with van der Waals surface area (Å²) in [5.74, 6) is -0.450. The van der Waals surface area contributed by atoms with Gasteiger partial charge in [0, 0.05) is 9.13 Å². The van der Waals surface area contributed by atoms with E-state index in [1.54, 1.807) is 12.1 Å². The van der Waals surface area contributed by atoms with Crippen molar-refractivity contribution in [2.24, 2.45) is 0 Å². The van der Waals surface area contributed by atoms with E-state index in [-0.39, 0.29) is 5.56 Å². The van der Waals surface area contributed by atoms with Crippen molar-refractivity contribution < 1.29 is 18.0 Å². The molecule has 1 heterocycles. The van der Waals surface area contributed by atoms with E-state index in [4.69, 9.17) is 11.6 Å². The average Bonchev–Trinajstić information content (AvgIpc) is 2.40. The van der Waals surface area contributed by atoms with E-state index >= 15 is 0 Å². The molecule has 0 N–H and O–H groups in total. The molecule has 7 heteroatoms. The third-order valence-corrected chi connectivity index (χ3v) is 4.54. The van der Waals surface area contributed by atoms with Crippen LogP contribution in [0.2, 0.25) is 5.15 Å². The third-order valence-electron chi connectivity index (χ3n) is 2.82. The highest BCUT2D eigenvalue weighted by atomic mass is 127. The predicted octanol–water partition coefficient (Wildman–Crippen LogP) is 4.90. The zero-order valence-corrected chi connectivity index (χ0v) is 13.5. The van der Waals surface area contributed by atoms with Gasteiger partial charge in [0.2, 0.25) is 0 Å². The minimum absolute atomic E-state index is 0.0480. The fraction of sp³-hybridized carbons (Fsp3) is 0.143. The molecular formula is C14H8ClF3INO. The number of halogens is 5. The number of pyridine rings is 1. The van der Waals surface area contributed by atoms with Gasteiger partial charge < -0.3 is 0 Å². The van der Waals surface area contributed by atoms with E-state index in [0.29, 0.717) is 5.56 Å². The largest absolute Gasteiger partial charge is 0.433 e. The van der Waals surface area contributed by atoms with Crippen molar-refractivity contribution >= 4 is 40.0 Å². The number of benzene rings is 1. The number of alkyl halides is 3. The molecule has 2 aromatic rings. The number of aryl methyl sites for hydroxylation is 1. The van der Waals surface area contributed by atoms with Crippen LogP contribution >= 0.6 is 34.2 Å². The maximum absolute atomic E-state index is 12.5. The van der Waals surface area contributed by atoms with Crippen LogP contribution in [0.1, 0.15) is 27.2 Å². The van der Waals surface area contributed by atoms with E-state index in [0.717, 1.165) is 21.3 Å². The lowest BCUT2D eigenvalue weighted by molar-refractivity contribution is -0.141. The molecule has 0 saturated heterocycles. The summed E-state index contributed by atoms with van der Waals surface area (Å²) in [6, 6.07) is 6.95. The lowest BCUT2D eigenvalue weighted by Gasteiger charge is -2.10. The van der Waals surface area contributed by atoms with Crippen LogP contribution < -0.4 is 0 Å². The van der Waals surface area contributed by atoms with Crippen LogP contribution in [0.3, 0.4) is 0 Å². The number of rotatable bonds is 2. The van der Waals surface area contributed by atoms with Gasteiger partial charge in [-0.25, -0.2) is 4.98 Å². The third kappa shape index (κ3) is 3.37. The standard InChI is InChI=1S/C14H8ClF3INO/c1-7-3-2-4-8(11(7)19)12(21)9-5-6-10(14(16,17)18)20-13(9)15/h2-6H,1H3. The molecule has 0 aliphatic heterocycles. The molecule has 0 fully saturated rings. The first-order valence-electron chi connectivity index (χ1n) is 5.75. The Labute approximate surface area is 137 Å². The molecule has 0 aliphatic rings. The lowest BCUT2D eigenvalue weighted by Crippen LogP contribution is -2.11. The minimum atomic E-state index is -4.59. The van der Waals surface area contributed by atoms with Crippen molar-refractivity contribution in [3.8, 4) is 0 Å². The van der Waals surface area contributed by atoms with Crippen LogP contribution in [0.15, 0.2) is 30.3 Å². The molecule has 0 amide bonds. The predicted molar refractivity (Wildman–Crippen MR) is 81.6 cm³/mol. The number of nitrogens with zero attached hydrogens (tertiary/aromatic N) is 1. The second kappa shape index (κ2) is 5.92. The van der Waals surface area contributed by atoms with E-state index in [1.807, 2.05) is 35.6 Å². The van der Waals surface area contributed by atoms with Crippen LogP contribution in [0.4, 0.5) is 13.2 Å². The van der Waals surface area contributed by atoms with Gasteiger partial charge in [-0.2, -0.15) is 13.2 Å².